The van der Waals surface area contributed by atoms with Crippen LogP contribution in [0.25, 0.3) is 0 Å². The molecule has 0 radical (unpaired) electrons. The number of hydrogen-bond acceptors (Lipinski definition) is 3. The Hall–Kier alpha value is -1.10. The van der Waals surface area contributed by atoms with Crippen molar-refractivity contribution in [3.05, 3.63) is 0 Å². The number of rotatable bonds is 4. The maximum absolute atomic E-state index is 11.7. The molecule has 0 saturated carbocycles. The van der Waals surface area contributed by atoms with E-state index in [4.69, 9.17) is 5.73 Å². The molecule has 0 spiro atoms. The summed E-state index contributed by atoms with van der Waals surface area (Å²) in [7, 11) is 0. The summed E-state index contributed by atoms with van der Waals surface area (Å²) >= 11 is 0. The number of nitrogens with two attached hydrogens (primary N) is 1. The van der Waals surface area contributed by atoms with Crippen molar-refractivity contribution in [1.29, 1.82) is 0 Å². The zero-order valence-electron chi connectivity index (χ0n) is 9.30. The second kappa shape index (κ2) is 4.61. The fraction of sp³-hybridized carbons (Fsp3) is 0.800. The molecule has 5 nitrogen and oxygen atoms in total. The average molecular weight is 213 g/mol. The van der Waals surface area contributed by atoms with Gasteiger partial charge in [-0.25, -0.2) is 0 Å². The molecule has 0 aromatic carbocycles. The average Bonchev–Trinajstić information content (AvgIpc) is 2.51. The molecule has 1 aliphatic heterocycles. The minimum absolute atomic E-state index is 0.0190. The van der Waals surface area contributed by atoms with Crippen LogP contribution < -0.4 is 16.4 Å². The molecule has 15 heavy (non-hydrogen) atoms. The van der Waals surface area contributed by atoms with Gasteiger partial charge in [0.25, 0.3) is 0 Å². The monoisotopic (exact) mass is 213 g/mol. The van der Waals surface area contributed by atoms with Gasteiger partial charge in [0.15, 0.2) is 0 Å². The fourth-order valence-electron chi connectivity index (χ4n) is 1.69. The fourth-order valence-corrected chi connectivity index (χ4v) is 1.69. The molecule has 0 aromatic rings. The van der Waals surface area contributed by atoms with Crippen LogP contribution in [-0.2, 0) is 9.59 Å². The van der Waals surface area contributed by atoms with Gasteiger partial charge >= 0.3 is 0 Å². The third-order valence-corrected chi connectivity index (χ3v) is 2.60. The highest BCUT2D eigenvalue weighted by Gasteiger charge is 2.31. The van der Waals surface area contributed by atoms with E-state index in [-0.39, 0.29) is 17.9 Å². The normalized spacial score (nSPS) is 24.5. The number of carbonyl (C=O) groups is 2. The van der Waals surface area contributed by atoms with Crippen molar-refractivity contribution >= 4 is 11.8 Å². The summed E-state index contributed by atoms with van der Waals surface area (Å²) in [5.41, 5.74) is 5.03. The van der Waals surface area contributed by atoms with Crippen LogP contribution in [0.4, 0.5) is 0 Å². The van der Waals surface area contributed by atoms with E-state index in [1.54, 1.807) is 6.92 Å². The molecule has 5 heteroatoms. The van der Waals surface area contributed by atoms with Crippen LogP contribution in [-0.4, -0.2) is 29.9 Å². The smallest absolute Gasteiger partial charge is 0.240 e. The summed E-state index contributed by atoms with van der Waals surface area (Å²) in [6.45, 7) is 4.21. The lowest BCUT2D eigenvalue weighted by Crippen LogP contribution is -2.54. The Labute approximate surface area is 89.8 Å². The Bertz CT molecular complexity index is 263. The van der Waals surface area contributed by atoms with Gasteiger partial charge in [-0.3, -0.25) is 9.59 Å². The van der Waals surface area contributed by atoms with Crippen molar-refractivity contribution in [3.8, 4) is 0 Å². The predicted molar refractivity (Wildman–Crippen MR) is 57.1 cm³/mol. The van der Waals surface area contributed by atoms with Crippen LogP contribution >= 0.6 is 0 Å². The summed E-state index contributed by atoms with van der Waals surface area (Å²) < 4.78 is 0. The maximum atomic E-state index is 11.7. The lowest BCUT2D eigenvalue weighted by molar-refractivity contribution is -0.126. The number of hydrogen-bond donors (Lipinski definition) is 3. The van der Waals surface area contributed by atoms with E-state index in [9.17, 15) is 9.59 Å². The molecule has 2 atom stereocenters. The van der Waals surface area contributed by atoms with Crippen LogP contribution in [0.15, 0.2) is 0 Å². The Morgan fingerprint density at radius 3 is 2.87 bits per heavy atom. The van der Waals surface area contributed by atoms with E-state index < -0.39 is 5.54 Å². The molecular weight excluding hydrogens is 194 g/mol. The first-order chi connectivity index (χ1) is 6.95. The lowest BCUT2D eigenvalue weighted by atomic mass is 9.96. The first kappa shape index (κ1) is 12.0. The number of amides is 2. The third-order valence-electron chi connectivity index (χ3n) is 2.60. The van der Waals surface area contributed by atoms with Crippen LogP contribution in [0.5, 0.6) is 0 Å². The van der Waals surface area contributed by atoms with Gasteiger partial charge in [-0.2, -0.15) is 0 Å². The molecule has 1 fully saturated rings. The second-order valence-electron chi connectivity index (χ2n) is 4.35. The van der Waals surface area contributed by atoms with Crippen LogP contribution in [0.1, 0.15) is 33.1 Å². The third kappa shape index (κ3) is 3.20. The van der Waals surface area contributed by atoms with Crippen LogP contribution in [0, 0.1) is 0 Å². The van der Waals surface area contributed by atoms with Gasteiger partial charge in [0.1, 0.15) is 0 Å². The molecule has 0 aliphatic carbocycles. The highest BCUT2D eigenvalue weighted by atomic mass is 16.2. The lowest BCUT2D eigenvalue weighted by Gasteiger charge is -2.24. The van der Waals surface area contributed by atoms with Gasteiger partial charge in [-0.15, -0.1) is 0 Å². The van der Waals surface area contributed by atoms with Crippen LogP contribution in [0.3, 0.4) is 0 Å². The summed E-state index contributed by atoms with van der Waals surface area (Å²) in [6, 6.07) is -0.107. The zero-order chi connectivity index (χ0) is 11.5. The minimum atomic E-state index is -0.833. The Morgan fingerprint density at radius 1 is 1.73 bits per heavy atom. The molecule has 1 heterocycles. The summed E-state index contributed by atoms with van der Waals surface area (Å²) in [6.07, 6.45) is 1.86. The van der Waals surface area contributed by atoms with Crippen molar-refractivity contribution < 1.29 is 9.59 Å². The number of nitrogens with one attached hydrogen (secondary N) is 2. The SMILES string of the molecule is CCCC(C)(N)C(=O)NC1CNC(=O)C1. The van der Waals surface area contributed by atoms with Crippen molar-refractivity contribution in [3.63, 3.8) is 0 Å². The van der Waals surface area contributed by atoms with Crippen molar-refractivity contribution in [2.75, 3.05) is 6.54 Å². The van der Waals surface area contributed by atoms with Crippen LogP contribution in [0.2, 0.25) is 0 Å². The van der Waals surface area contributed by atoms with Crippen molar-refractivity contribution in [2.24, 2.45) is 5.73 Å². The van der Waals surface area contributed by atoms with Gasteiger partial charge in [-0.1, -0.05) is 13.3 Å². The summed E-state index contributed by atoms with van der Waals surface area (Å²) in [4.78, 5) is 22.7. The van der Waals surface area contributed by atoms with Crippen molar-refractivity contribution in [2.45, 2.75) is 44.7 Å². The molecule has 4 N–H and O–H groups in total. The second-order valence-corrected chi connectivity index (χ2v) is 4.35. The highest BCUT2D eigenvalue weighted by molar-refractivity contribution is 5.87. The molecule has 1 rings (SSSR count). The Morgan fingerprint density at radius 2 is 2.40 bits per heavy atom. The van der Waals surface area contributed by atoms with Gasteiger partial charge in [0.05, 0.1) is 11.6 Å². The van der Waals surface area contributed by atoms with Crippen molar-refractivity contribution in [1.82, 2.24) is 10.6 Å². The van der Waals surface area contributed by atoms with E-state index in [0.29, 0.717) is 19.4 Å². The summed E-state index contributed by atoms with van der Waals surface area (Å²) in [5.74, 6) is -0.194. The molecule has 1 saturated heterocycles. The van der Waals surface area contributed by atoms with E-state index in [1.165, 1.54) is 0 Å². The van der Waals surface area contributed by atoms with E-state index in [2.05, 4.69) is 10.6 Å². The molecule has 1 aliphatic rings. The van der Waals surface area contributed by atoms with Gasteiger partial charge in [-0.05, 0) is 13.3 Å². The predicted octanol–water partition coefficient (Wildman–Crippen LogP) is -0.491. The van der Waals surface area contributed by atoms with Gasteiger partial charge in [0.2, 0.25) is 11.8 Å². The van der Waals surface area contributed by atoms with E-state index >= 15 is 0 Å². The van der Waals surface area contributed by atoms with Gasteiger partial charge < -0.3 is 16.4 Å². The minimum Gasteiger partial charge on any atom is -0.354 e. The molecule has 2 amide bonds. The molecule has 86 valence electrons. The molecular formula is C10H19N3O2. The molecule has 0 aromatic heterocycles. The molecule has 2 unspecified atom stereocenters. The maximum Gasteiger partial charge on any atom is 0.240 e. The summed E-state index contributed by atoms with van der Waals surface area (Å²) in [5, 5.41) is 5.45. The number of carbonyl (C=O) groups excluding carboxylic acids is 2. The largest absolute Gasteiger partial charge is 0.354 e. The first-order valence-corrected chi connectivity index (χ1v) is 5.32. The first-order valence-electron chi connectivity index (χ1n) is 5.32. The van der Waals surface area contributed by atoms with E-state index in [1.807, 2.05) is 6.92 Å². The zero-order valence-corrected chi connectivity index (χ0v) is 9.30. The highest BCUT2D eigenvalue weighted by Crippen LogP contribution is 2.10. The standard InChI is InChI=1S/C10H19N3O2/c1-3-4-10(2,11)9(15)13-7-5-8(14)12-6-7/h7H,3-6,11H2,1-2H3,(H,12,14)(H,13,15). The van der Waals surface area contributed by atoms with Gasteiger partial charge in [0, 0.05) is 13.0 Å². The Balaban J connectivity index is 2.44. The Kier molecular flexibility index (Phi) is 3.68. The van der Waals surface area contributed by atoms with E-state index in [0.717, 1.165) is 6.42 Å². The quantitative estimate of drug-likeness (QED) is 0.589. The molecule has 0 bridgehead atoms. The topological polar surface area (TPSA) is 84.2 Å².